The van der Waals surface area contributed by atoms with Crippen molar-refractivity contribution in [2.75, 3.05) is 17.6 Å². The molecule has 5 heteroatoms. The van der Waals surface area contributed by atoms with Crippen molar-refractivity contribution in [2.24, 2.45) is 0 Å². The molecule has 0 spiro atoms. The van der Waals surface area contributed by atoms with Crippen LogP contribution < -0.4 is 11.1 Å². The fourth-order valence-electron chi connectivity index (χ4n) is 3.01. The summed E-state index contributed by atoms with van der Waals surface area (Å²) in [5.41, 5.74) is 6.97. The molecule has 1 aliphatic heterocycles. The molecule has 0 unspecified atom stereocenters. The number of anilines is 2. The van der Waals surface area contributed by atoms with Gasteiger partial charge in [0.05, 0.1) is 11.4 Å². The summed E-state index contributed by atoms with van der Waals surface area (Å²) in [6, 6.07) is 6.22. The second-order valence-corrected chi connectivity index (χ2v) is 6.33. The van der Waals surface area contributed by atoms with Crippen molar-refractivity contribution in [3.05, 3.63) is 23.2 Å². The number of carbonyl (C=O) groups excluding carboxylic acids is 1. The first-order valence-corrected chi connectivity index (χ1v) is 7.96. The van der Waals surface area contributed by atoms with Gasteiger partial charge in [0.15, 0.2) is 0 Å². The largest absolute Gasteiger partial charge is 0.397 e. The zero-order chi connectivity index (χ0) is 15.4. The van der Waals surface area contributed by atoms with E-state index in [2.05, 4.69) is 24.1 Å². The van der Waals surface area contributed by atoms with Gasteiger partial charge >= 0.3 is 0 Å². The maximum absolute atomic E-state index is 12.1. The predicted octanol–water partition coefficient (Wildman–Crippen LogP) is 3.51. The van der Waals surface area contributed by atoms with Crippen LogP contribution in [0, 0.1) is 0 Å². The van der Waals surface area contributed by atoms with Crippen LogP contribution in [0.25, 0.3) is 0 Å². The molecule has 0 aromatic heterocycles. The standard InChI is InChI=1S/C16H24ClN3O/c1-11-4-3-5-12(2)20(11)9-8-16(21)19-15-7-6-13(17)10-14(15)18/h6-7,10-12H,3-5,8-9,18H2,1-2H3,(H,19,21)/t11-,12+. The number of hydrogen-bond acceptors (Lipinski definition) is 3. The quantitative estimate of drug-likeness (QED) is 0.837. The molecule has 1 aromatic rings. The molecule has 21 heavy (non-hydrogen) atoms. The van der Waals surface area contributed by atoms with Gasteiger partial charge < -0.3 is 11.1 Å². The molecule has 1 aliphatic rings. The number of nitrogens with zero attached hydrogens (tertiary/aromatic N) is 1. The normalized spacial score (nSPS) is 23.0. The van der Waals surface area contributed by atoms with Gasteiger partial charge in [-0.15, -0.1) is 0 Å². The molecule has 1 amide bonds. The number of piperidine rings is 1. The van der Waals surface area contributed by atoms with E-state index in [9.17, 15) is 4.79 Å². The Labute approximate surface area is 131 Å². The molecule has 0 aliphatic carbocycles. The minimum absolute atomic E-state index is 0.00556. The lowest BCUT2D eigenvalue weighted by atomic mass is 9.97. The van der Waals surface area contributed by atoms with Gasteiger partial charge in [0.25, 0.3) is 0 Å². The van der Waals surface area contributed by atoms with Gasteiger partial charge in [-0.25, -0.2) is 0 Å². The Balaban J connectivity index is 1.87. The lowest BCUT2D eigenvalue weighted by molar-refractivity contribution is -0.116. The SMILES string of the molecule is C[C@@H]1CCC[C@H](C)N1CCC(=O)Nc1ccc(Cl)cc1N. The summed E-state index contributed by atoms with van der Waals surface area (Å²) in [5.74, 6) is -0.00556. The Morgan fingerprint density at radius 2 is 2.05 bits per heavy atom. The number of nitrogens with two attached hydrogens (primary N) is 1. The third kappa shape index (κ3) is 4.35. The van der Waals surface area contributed by atoms with E-state index in [4.69, 9.17) is 17.3 Å². The number of carbonyl (C=O) groups is 1. The summed E-state index contributed by atoms with van der Waals surface area (Å²) in [6.07, 6.45) is 4.20. The molecule has 1 fully saturated rings. The second-order valence-electron chi connectivity index (χ2n) is 5.90. The number of benzene rings is 1. The van der Waals surface area contributed by atoms with Gasteiger partial charge in [-0.05, 0) is 44.9 Å². The maximum Gasteiger partial charge on any atom is 0.225 e. The average Bonchev–Trinajstić information content (AvgIpc) is 2.41. The van der Waals surface area contributed by atoms with Crippen LogP contribution in [0.15, 0.2) is 18.2 Å². The van der Waals surface area contributed by atoms with Gasteiger partial charge in [-0.2, -0.15) is 0 Å². The van der Waals surface area contributed by atoms with E-state index in [0.29, 0.717) is 34.9 Å². The molecule has 2 rings (SSSR count). The first kappa shape index (κ1) is 16.1. The third-order valence-corrected chi connectivity index (χ3v) is 4.50. The van der Waals surface area contributed by atoms with Crippen LogP contribution in [-0.4, -0.2) is 29.4 Å². The number of nitrogens with one attached hydrogen (secondary N) is 1. The van der Waals surface area contributed by atoms with Crippen molar-refractivity contribution < 1.29 is 4.79 Å². The van der Waals surface area contributed by atoms with Crippen molar-refractivity contribution in [3.8, 4) is 0 Å². The minimum Gasteiger partial charge on any atom is -0.397 e. The van der Waals surface area contributed by atoms with E-state index in [-0.39, 0.29) is 5.91 Å². The predicted molar refractivity (Wildman–Crippen MR) is 88.6 cm³/mol. The molecule has 1 saturated heterocycles. The van der Waals surface area contributed by atoms with E-state index in [1.807, 2.05) is 0 Å². The van der Waals surface area contributed by atoms with Gasteiger partial charge in [-0.3, -0.25) is 9.69 Å². The fourth-order valence-corrected chi connectivity index (χ4v) is 3.19. The molecule has 2 atom stereocenters. The average molecular weight is 310 g/mol. The molecule has 1 heterocycles. The fraction of sp³-hybridized carbons (Fsp3) is 0.562. The van der Waals surface area contributed by atoms with Crippen LogP contribution in [0.1, 0.15) is 39.5 Å². The maximum atomic E-state index is 12.1. The van der Waals surface area contributed by atoms with Crippen LogP contribution in [0.2, 0.25) is 5.02 Å². The van der Waals surface area contributed by atoms with Crippen molar-refractivity contribution in [1.29, 1.82) is 0 Å². The highest BCUT2D eigenvalue weighted by molar-refractivity contribution is 6.31. The molecule has 0 bridgehead atoms. The number of amides is 1. The van der Waals surface area contributed by atoms with Crippen molar-refractivity contribution in [2.45, 2.75) is 51.6 Å². The highest BCUT2D eigenvalue weighted by atomic mass is 35.5. The van der Waals surface area contributed by atoms with Gasteiger partial charge in [0.2, 0.25) is 5.91 Å². The van der Waals surface area contributed by atoms with Crippen LogP contribution in [0.4, 0.5) is 11.4 Å². The summed E-state index contributed by atoms with van der Waals surface area (Å²) in [6.45, 7) is 5.27. The van der Waals surface area contributed by atoms with Gasteiger partial charge in [-0.1, -0.05) is 18.0 Å². The summed E-state index contributed by atoms with van der Waals surface area (Å²) in [7, 11) is 0. The Morgan fingerprint density at radius 3 is 2.67 bits per heavy atom. The minimum atomic E-state index is -0.00556. The Morgan fingerprint density at radius 1 is 1.38 bits per heavy atom. The van der Waals surface area contributed by atoms with Crippen LogP contribution in [0.5, 0.6) is 0 Å². The lowest BCUT2D eigenvalue weighted by Gasteiger charge is -2.38. The monoisotopic (exact) mass is 309 g/mol. The Bertz CT molecular complexity index is 496. The first-order chi connectivity index (χ1) is 9.97. The molecule has 3 N–H and O–H groups in total. The second kappa shape index (κ2) is 7.14. The number of hydrogen-bond donors (Lipinski definition) is 2. The topological polar surface area (TPSA) is 58.4 Å². The van der Waals surface area contributed by atoms with E-state index in [0.717, 1.165) is 6.54 Å². The van der Waals surface area contributed by atoms with E-state index < -0.39 is 0 Å². The zero-order valence-electron chi connectivity index (χ0n) is 12.7. The number of halogens is 1. The molecule has 0 saturated carbocycles. The van der Waals surface area contributed by atoms with Gasteiger partial charge in [0.1, 0.15) is 0 Å². The molecule has 116 valence electrons. The Kier molecular flexibility index (Phi) is 5.48. The van der Waals surface area contributed by atoms with Crippen LogP contribution >= 0.6 is 11.6 Å². The van der Waals surface area contributed by atoms with Gasteiger partial charge in [0, 0.05) is 30.1 Å². The van der Waals surface area contributed by atoms with Crippen molar-refractivity contribution in [1.82, 2.24) is 4.90 Å². The highest BCUT2D eigenvalue weighted by Gasteiger charge is 2.24. The molecule has 1 aromatic carbocycles. The summed E-state index contributed by atoms with van der Waals surface area (Å²) >= 11 is 5.85. The smallest absolute Gasteiger partial charge is 0.225 e. The van der Waals surface area contributed by atoms with E-state index >= 15 is 0 Å². The molecular formula is C16H24ClN3O. The third-order valence-electron chi connectivity index (χ3n) is 4.26. The Hall–Kier alpha value is -1.26. The first-order valence-electron chi connectivity index (χ1n) is 7.58. The van der Waals surface area contributed by atoms with Crippen molar-refractivity contribution in [3.63, 3.8) is 0 Å². The zero-order valence-corrected chi connectivity index (χ0v) is 13.5. The highest BCUT2D eigenvalue weighted by Crippen LogP contribution is 2.24. The van der Waals surface area contributed by atoms with E-state index in [1.54, 1.807) is 18.2 Å². The van der Waals surface area contributed by atoms with Crippen LogP contribution in [0.3, 0.4) is 0 Å². The van der Waals surface area contributed by atoms with Crippen molar-refractivity contribution >= 4 is 28.9 Å². The summed E-state index contributed by atoms with van der Waals surface area (Å²) < 4.78 is 0. The summed E-state index contributed by atoms with van der Waals surface area (Å²) in [5, 5.41) is 3.43. The molecular weight excluding hydrogens is 286 g/mol. The molecule has 4 nitrogen and oxygen atoms in total. The number of rotatable bonds is 4. The molecule has 0 radical (unpaired) electrons. The number of likely N-dealkylation sites (tertiary alicyclic amines) is 1. The van der Waals surface area contributed by atoms with Crippen LogP contribution in [-0.2, 0) is 4.79 Å². The number of nitrogen functional groups attached to an aromatic ring is 1. The summed E-state index contributed by atoms with van der Waals surface area (Å²) in [4.78, 5) is 14.5. The lowest BCUT2D eigenvalue weighted by Crippen LogP contribution is -2.44. The van der Waals surface area contributed by atoms with E-state index in [1.165, 1.54) is 19.3 Å².